The second-order valence-electron chi connectivity index (χ2n) is 5.65. The van der Waals surface area contributed by atoms with Crippen molar-refractivity contribution in [2.75, 3.05) is 4.90 Å². The average molecular weight is 540 g/mol. The van der Waals surface area contributed by atoms with E-state index >= 15 is 0 Å². The molecule has 2 aromatic carbocycles. The van der Waals surface area contributed by atoms with Crippen LogP contribution in [-0.4, -0.2) is 26.8 Å². The minimum atomic E-state index is -1.14. The van der Waals surface area contributed by atoms with Crippen LogP contribution in [-0.2, 0) is 0 Å². The zero-order chi connectivity index (χ0) is 21.8. The standard InChI is InChI=1S/C18H11ClIN5O5/c19-13-7-11(5-6-15(13)30-18-22-8-10(20)9-23-18)24(17(21)27)16(26)12-3-1-2-4-14(12)25(28)29/h1-9H,(H2,21,27). The van der Waals surface area contributed by atoms with Crippen LogP contribution in [0.3, 0.4) is 0 Å². The normalized spacial score (nSPS) is 10.3. The molecule has 0 bridgehead atoms. The molecule has 152 valence electrons. The van der Waals surface area contributed by atoms with Gasteiger partial charge in [-0.3, -0.25) is 14.9 Å². The number of nitrogens with zero attached hydrogens (tertiary/aromatic N) is 4. The average Bonchev–Trinajstić information content (AvgIpc) is 2.71. The van der Waals surface area contributed by atoms with Crippen molar-refractivity contribution in [2.45, 2.75) is 0 Å². The largest absolute Gasteiger partial charge is 0.423 e. The zero-order valence-electron chi connectivity index (χ0n) is 14.9. The third kappa shape index (κ3) is 4.63. The number of amides is 3. The summed E-state index contributed by atoms with van der Waals surface area (Å²) in [5.41, 5.74) is 4.60. The van der Waals surface area contributed by atoms with E-state index < -0.39 is 22.5 Å². The van der Waals surface area contributed by atoms with Gasteiger partial charge in [0.25, 0.3) is 11.6 Å². The van der Waals surface area contributed by atoms with Crippen molar-refractivity contribution < 1.29 is 19.2 Å². The number of rotatable bonds is 5. The quantitative estimate of drug-likeness (QED) is 0.291. The highest BCUT2D eigenvalue weighted by Gasteiger charge is 2.29. The molecule has 0 atom stereocenters. The Kier molecular flexibility index (Phi) is 6.42. The summed E-state index contributed by atoms with van der Waals surface area (Å²) in [5, 5.41) is 11.3. The van der Waals surface area contributed by atoms with Crippen molar-refractivity contribution in [3.63, 3.8) is 0 Å². The lowest BCUT2D eigenvalue weighted by atomic mass is 10.1. The van der Waals surface area contributed by atoms with E-state index in [1.54, 1.807) is 12.4 Å². The number of imide groups is 1. The summed E-state index contributed by atoms with van der Waals surface area (Å²) in [6.07, 6.45) is 3.09. The van der Waals surface area contributed by atoms with Crippen LogP contribution in [0.4, 0.5) is 16.2 Å². The molecule has 0 unspecified atom stereocenters. The van der Waals surface area contributed by atoms with E-state index in [9.17, 15) is 19.7 Å². The number of nitrogens with two attached hydrogens (primary N) is 1. The van der Waals surface area contributed by atoms with Gasteiger partial charge < -0.3 is 10.5 Å². The van der Waals surface area contributed by atoms with Crippen molar-refractivity contribution in [1.82, 2.24) is 9.97 Å². The van der Waals surface area contributed by atoms with Crippen LogP contribution in [0, 0.1) is 13.7 Å². The van der Waals surface area contributed by atoms with E-state index in [-0.39, 0.29) is 28.0 Å². The Morgan fingerprint density at radius 3 is 2.43 bits per heavy atom. The lowest BCUT2D eigenvalue weighted by molar-refractivity contribution is -0.385. The molecular weight excluding hydrogens is 529 g/mol. The molecule has 3 aromatic rings. The second kappa shape index (κ2) is 9.00. The third-order valence-electron chi connectivity index (χ3n) is 3.73. The van der Waals surface area contributed by atoms with Gasteiger partial charge in [-0.05, 0) is 46.9 Å². The Hall–Kier alpha value is -3.32. The number of nitro benzene ring substituents is 1. The van der Waals surface area contributed by atoms with Gasteiger partial charge in [0.1, 0.15) is 11.3 Å². The molecule has 0 saturated heterocycles. The first-order chi connectivity index (χ1) is 14.3. The topological polar surface area (TPSA) is 142 Å². The Bertz CT molecular complexity index is 1140. The smallest absolute Gasteiger partial charge is 0.326 e. The molecule has 10 nitrogen and oxygen atoms in total. The molecule has 1 aromatic heterocycles. The van der Waals surface area contributed by atoms with Gasteiger partial charge in [0.05, 0.1) is 15.6 Å². The first kappa shape index (κ1) is 21.4. The maximum Gasteiger partial charge on any atom is 0.326 e. The van der Waals surface area contributed by atoms with E-state index in [1.807, 2.05) is 22.6 Å². The van der Waals surface area contributed by atoms with E-state index in [1.165, 1.54) is 36.4 Å². The van der Waals surface area contributed by atoms with Crippen LogP contribution in [0.2, 0.25) is 5.02 Å². The Labute approximate surface area is 187 Å². The van der Waals surface area contributed by atoms with Crippen LogP contribution in [0.15, 0.2) is 54.9 Å². The maximum absolute atomic E-state index is 12.9. The molecule has 0 radical (unpaired) electrons. The monoisotopic (exact) mass is 539 g/mol. The highest BCUT2D eigenvalue weighted by atomic mass is 127. The lowest BCUT2D eigenvalue weighted by Crippen LogP contribution is -2.41. The SMILES string of the molecule is NC(=O)N(C(=O)c1ccccc1[N+](=O)[O-])c1ccc(Oc2ncc(I)cn2)c(Cl)c1. The van der Waals surface area contributed by atoms with Crippen LogP contribution < -0.4 is 15.4 Å². The fraction of sp³-hybridized carbons (Fsp3) is 0. The summed E-state index contributed by atoms with van der Waals surface area (Å²) < 4.78 is 6.30. The van der Waals surface area contributed by atoms with E-state index in [2.05, 4.69) is 9.97 Å². The van der Waals surface area contributed by atoms with Crippen LogP contribution >= 0.6 is 34.2 Å². The van der Waals surface area contributed by atoms with Gasteiger partial charge in [0, 0.05) is 22.0 Å². The van der Waals surface area contributed by atoms with E-state index in [0.717, 1.165) is 9.64 Å². The molecule has 0 aliphatic carbocycles. The number of primary amides is 1. The van der Waals surface area contributed by atoms with Crippen molar-refractivity contribution in [2.24, 2.45) is 5.73 Å². The minimum absolute atomic E-state index is 0.00605. The zero-order valence-corrected chi connectivity index (χ0v) is 17.8. The third-order valence-corrected chi connectivity index (χ3v) is 4.58. The van der Waals surface area contributed by atoms with Crippen molar-refractivity contribution in [1.29, 1.82) is 0 Å². The van der Waals surface area contributed by atoms with Crippen molar-refractivity contribution in [3.8, 4) is 11.8 Å². The Morgan fingerprint density at radius 2 is 1.83 bits per heavy atom. The minimum Gasteiger partial charge on any atom is -0.423 e. The fourth-order valence-corrected chi connectivity index (χ4v) is 2.93. The number of aromatic nitrogens is 2. The number of anilines is 1. The van der Waals surface area contributed by atoms with Gasteiger partial charge in [0.2, 0.25) is 0 Å². The summed E-state index contributed by atoms with van der Waals surface area (Å²) in [6.45, 7) is 0. The number of hydrogen-bond acceptors (Lipinski definition) is 7. The molecule has 30 heavy (non-hydrogen) atoms. The van der Waals surface area contributed by atoms with Crippen LogP contribution in [0.1, 0.15) is 10.4 Å². The van der Waals surface area contributed by atoms with Gasteiger partial charge in [-0.25, -0.2) is 19.7 Å². The highest BCUT2D eigenvalue weighted by Crippen LogP contribution is 2.33. The van der Waals surface area contributed by atoms with Crippen molar-refractivity contribution >= 4 is 57.5 Å². The summed E-state index contributed by atoms with van der Waals surface area (Å²) in [6, 6.07) is 8.13. The summed E-state index contributed by atoms with van der Waals surface area (Å²) in [7, 11) is 0. The van der Waals surface area contributed by atoms with Gasteiger partial charge in [0.15, 0.2) is 0 Å². The summed E-state index contributed by atoms with van der Waals surface area (Å²) in [4.78, 5) is 43.9. The number of benzene rings is 2. The molecule has 0 aliphatic rings. The number of hydrogen-bond donors (Lipinski definition) is 1. The molecule has 0 aliphatic heterocycles. The van der Waals surface area contributed by atoms with E-state index in [4.69, 9.17) is 22.1 Å². The molecule has 0 fully saturated rings. The number of nitro groups is 1. The van der Waals surface area contributed by atoms with Crippen LogP contribution in [0.5, 0.6) is 11.8 Å². The van der Waals surface area contributed by atoms with Crippen molar-refractivity contribution in [3.05, 3.63) is 79.1 Å². The molecule has 0 spiro atoms. The molecule has 12 heteroatoms. The first-order valence-corrected chi connectivity index (χ1v) is 9.56. The molecule has 0 saturated carbocycles. The van der Waals surface area contributed by atoms with Gasteiger partial charge in [-0.15, -0.1) is 0 Å². The number of para-hydroxylation sites is 1. The van der Waals surface area contributed by atoms with Gasteiger partial charge in [-0.1, -0.05) is 23.7 Å². The number of urea groups is 1. The number of ether oxygens (including phenoxy) is 1. The van der Waals surface area contributed by atoms with Gasteiger partial charge in [-0.2, -0.15) is 0 Å². The first-order valence-electron chi connectivity index (χ1n) is 8.10. The summed E-state index contributed by atoms with van der Waals surface area (Å²) in [5.74, 6) is -0.801. The van der Waals surface area contributed by atoms with E-state index in [0.29, 0.717) is 4.90 Å². The Balaban J connectivity index is 1.94. The molecule has 2 N–H and O–H groups in total. The summed E-state index contributed by atoms with van der Waals surface area (Å²) >= 11 is 8.25. The number of halogens is 2. The molecule has 3 rings (SSSR count). The molecular formula is C18H11ClIN5O5. The number of carbonyl (C=O) groups excluding carboxylic acids is 2. The lowest BCUT2D eigenvalue weighted by Gasteiger charge is -2.19. The Morgan fingerprint density at radius 1 is 1.17 bits per heavy atom. The fourth-order valence-electron chi connectivity index (χ4n) is 2.44. The van der Waals surface area contributed by atoms with Crippen LogP contribution in [0.25, 0.3) is 0 Å². The molecule has 3 amide bonds. The molecule has 1 heterocycles. The maximum atomic E-state index is 12.9. The predicted molar refractivity (Wildman–Crippen MR) is 116 cm³/mol. The van der Waals surface area contributed by atoms with Gasteiger partial charge >= 0.3 is 12.0 Å². The number of carbonyl (C=O) groups is 2. The predicted octanol–water partition coefficient (Wildman–Crippen LogP) is 4.16. The highest BCUT2D eigenvalue weighted by molar-refractivity contribution is 14.1. The second-order valence-corrected chi connectivity index (χ2v) is 7.31.